The Labute approximate surface area is 87.2 Å². The standard InChI is InChI=1S/C10H16F3NO/c11-10(12,13)5-3-9(15)2-1-8-4-6-14-7-8/h8,14H,1-7H2. The zero-order valence-corrected chi connectivity index (χ0v) is 8.57. The van der Waals surface area contributed by atoms with E-state index in [0.717, 1.165) is 25.9 Å². The van der Waals surface area contributed by atoms with Gasteiger partial charge < -0.3 is 5.32 Å². The molecule has 1 saturated heterocycles. The van der Waals surface area contributed by atoms with E-state index < -0.39 is 12.6 Å². The molecule has 0 aromatic heterocycles. The molecule has 1 heterocycles. The second-order valence-electron chi connectivity index (χ2n) is 4.05. The summed E-state index contributed by atoms with van der Waals surface area (Å²) in [5.74, 6) is 0.207. The van der Waals surface area contributed by atoms with Gasteiger partial charge in [-0.1, -0.05) is 0 Å². The summed E-state index contributed by atoms with van der Waals surface area (Å²) in [5, 5.41) is 3.16. The van der Waals surface area contributed by atoms with Crippen LogP contribution in [-0.2, 0) is 4.79 Å². The molecule has 1 rings (SSSR count). The summed E-state index contributed by atoms with van der Waals surface area (Å²) < 4.78 is 35.4. The van der Waals surface area contributed by atoms with Crippen molar-refractivity contribution in [2.45, 2.75) is 38.3 Å². The van der Waals surface area contributed by atoms with E-state index in [1.54, 1.807) is 0 Å². The van der Waals surface area contributed by atoms with Gasteiger partial charge in [0.15, 0.2) is 0 Å². The van der Waals surface area contributed by atoms with Gasteiger partial charge in [-0.05, 0) is 31.8 Å². The van der Waals surface area contributed by atoms with Crippen molar-refractivity contribution in [3.8, 4) is 0 Å². The van der Waals surface area contributed by atoms with Gasteiger partial charge in [0.25, 0.3) is 0 Å². The van der Waals surface area contributed by atoms with Gasteiger partial charge in [-0.25, -0.2) is 0 Å². The molecule has 15 heavy (non-hydrogen) atoms. The summed E-state index contributed by atoms with van der Waals surface area (Å²) in [6.07, 6.45) is -3.48. The van der Waals surface area contributed by atoms with Crippen molar-refractivity contribution >= 4 is 5.78 Å². The van der Waals surface area contributed by atoms with E-state index in [0.29, 0.717) is 12.3 Å². The first-order valence-electron chi connectivity index (χ1n) is 5.26. The summed E-state index contributed by atoms with van der Waals surface area (Å²) in [5.41, 5.74) is 0. The van der Waals surface area contributed by atoms with Crippen molar-refractivity contribution in [3.05, 3.63) is 0 Å². The minimum atomic E-state index is -4.20. The Hall–Kier alpha value is -0.580. The lowest BCUT2D eigenvalue weighted by molar-refractivity contribution is -0.143. The smallest absolute Gasteiger partial charge is 0.316 e. The van der Waals surface area contributed by atoms with Crippen molar-refractivity contribution in [2.75, 3.05) is 13.1 Å². The van der Waals surface area contributed by atoms with Crippen LogP contribution in [0.1, 0.15) is 32.1 Å². The highest BCUT2D eigenvalue weighted by atomic mass is 19.4. The molecule has 0 aliphatic carbocycles. The summed E-state index contributed by atoms with van der Waals surface area (Å²) in [4.78, 5) is 11.1. The molecule has 0 aromatic carbocycles. The van der Waals surface area contributed by atoms with Crippen LogP contribution in [0.15, 0.2) is 0 Å². The molecule has 1 N–H and O–H groups in total. The summed E-state index contributed by atoms with van der Waals surface area (Å²) in [6, 6.07) is 0. The molecule has 0 radical (unpaired) electrons. The number of carbonyl (C=O) groups excluding carboxylic acids is 1. The predicted octanol–water partition coefficient (Wildman–Crippen LogP) is 2.29. The summed E-state index contributed by atoms with van der Waals surface area (Å²) in [6.45, 7) is 1.86. The van der Waals surface area contributed by atoms with Crippen LogP contribution in [0.4, 0.5) is 13.2 Å². The average Bonchev–Trinajstić information content (AvgIpc) is 2.62. The molecule has 5 heteroatoms. The van der Waals surface area contributed by atoms with E-state index in [-0.39, 0.29) is 12.2 Å². The highest BCUT2D eigenvalue weighted by molar-refractivity contribution is 5.78. The second kappa shape index (κ2) is 5.49. The molecule has 1 fully saturated rings. The lowest BCUT2D eigenvalue weighted by atomic mass is 9.99. The molecule has 1 atom stereocenters. The van der Waals surface area contributed by atoms with Crippen LogP contribution >= 0.6 is 0 Å². The van der Waals surface area contributed by atoms with Crippen molar-refractivity contribution in [3.63, 3.8) is 0 Å². The van der Waals surface area contributed by atoms with E-state index in [1.165, 1.54) is 0 Å². The van der Waals surface area contributed by atoms with Gasteiger partial charge in [0.05, 0.1) is 6.42 Å². The third kappa shape index (κ3) is 5.77. The van der Waals surface area contributed by atoms with Crippen LogP contribution in [0.2, 0.25) is 0 Å². The molecule has 0 amide bonds. The van der Waals surface area contributed by atoms with Gasteiger partial charge in [-0.15, -0.1) is 0 Å². The minimum absolute atomic E-state index is 0.265. The second-order valence-corrected chi connectivity index (χ2v) is 4.05. The largest absolute Gasteiger partial charge is 0.389 e. The lowest BCUT2D eigenvalue weighted by Crippen LogP contribution is -2.13. The fraction of sp³-hybridized carbons (Fsp3) is 0.900. The molecule has 1 aliphatic heterocycles. The Morgan fingerprint density at radius 1 is 1.33 bits per heavy atom. The Balaban J connectivity index is 2.08. The quantitative estimate of drug-likeness (QED) is 0.774. The van der Waals surface area contributed by atoms with Crippen molar-refractivity contribution in [1.82, 2.24) is 5.32 Å². The monoisotopic (exact) mass is 223 g/mol. The number of nitrogens with one attached hydrogen (secondary N) is 1. The molecule has 0 spiro atoms. The maximum atomic E-state index is 11.8. The number of hydrogen-bond acceptors (Lipinski definition) is 2. The van der Waals surface area contributed by atoms with Gasteiger partial charge in [-0.3, -0.25) is 4.79 Å². The van der Waals surface area contributed by atoms with Crippen LogP contribution in [-0.4, -0.2) is 25.0 Å². The molecule has 0 aromatic rings. The van der Waals surface area contributed by atoms with E-state index >= 15 is 0 Å². The van der Waals surface area contributed by atoms with Crippen LogP contribution in [0.25, 0.3) is 0 Å². The molecule has 0 bridgehead atoms. The number of rotatable bonds is 5. The van der Waals surface area contributed by atoms with Gasteiger partial charge in [0.1, 0.15) is 5.78 Å². The maximum absolute atomic E-state index is 11.8. The Kier molecular flexibility index (Phi) is 4.57. The molecule has 0 saturated carbocycles. The third-order valence-electron chi connectivity index (χ3n) is 2.68. The SMILES string of the molecule is O=C(CCC1CCNC1)CCC(F)(F)F. The van der Waals surface area contributed by atoms with Crippen LogP contribution in [0.3, 0.4) is 0 Å². The zero-order chi connectivity index (χ0) is 11.3. The van der Waals surface area contributed by atoms with Crippen LogP contribution in [0.5, 0.6) is 0 Å². The Morgan fingerprint density at radius 2 is 2.07 bits per heavy atom. The number of alkyl halides is 3. The number of carbonyl (C=O) groups is 1. The van der Waals surface area contributed by atoms with E-state index in [9.17, 15) is 18.0 Å². The topological polar surface area (TPSA) is 29.1 Å². The Morgan fingerprint density at radius 3 is 2.60 bits per heavy atom. The van der Waals surface area contributed by atoms with Gasteiger partial charge in [0, 0.05) is 12.8 Å². The number of Topliss-reactive ketones (excluding diaryl/α,β-unsaturated/α-hetero) is 1. The molecule has 1 unspecified atom stereocenters. The van der Waals surface area contributed by atoms with Crippen molar-refractivity contribution in [1.29, 1.82) is 0 Å². The van der Waals surface area contributed by atoms with Crippen LogP contribution in [0, 0.1) is 5.92 Å². The molecule has 2 nitrogen and oxygen atoms in total. The number of hydrogen-bond donors (Lipinski definition) is 1. The first-order valence-corrected chi connectivity index (χ1v) is 5.26. The molecular weight excluding hydrogens is 207 g/mol. The van der Waals surface area contributed by atoms with E-state index in [1.807, 2.05) is 0 Å². The van der Waals surface area contributed by atoms with Crippen LogP contribution < -0.4 is 5.32 Å². The highest BCUT2D eigenvalue weighted by Gasteiger charge is 2.27. The van der Waals surface area contributed by atoms with Gasteiger partial charge in [0.2, 0.25) is 0 Å². The number of halogens is 3. The van der Waals surface area contributed by atoms with Gasteiger partial charge in [-0.2, -0.15) is 13.2 Å². The first kappa shape index (κ1) is 12.5. The minimum Gasteiger partial charge on any atom is -0.316 e. The van der Waals surface area contributed by atoms with E-state index in [2.05, 4.69) is 5.32 Å². The fourth-order valence-electron chi connectivity index (χ4n) is 1.73. The van der Waals surface area contributed by atoms with Gasteiger partial charge >= 0.3 is 6.18 Å². The van der Waals surface area contributed by atoms with Crippen molar-refractivity contribution in [2.24, 2.45) is 5.92 Å². The number of ketones is 1. The molecular formula is C10H16F3NO. The van der Waals surface area contributed by atoms with Crippen molar-refractivity contribution < 1.29 is 18.0 Å². The first-order chi connectivity index (χ1) is 6.97. The lowest BCUT2D eigenvalue weighted by Gasteiger charge is -2.08. The molecule has 88 valence electrons. The summed E-state index contributed by atoms with van der Waals surface area (Å²) >= 11 is 0. The van der Waals surface area contributed by atoms with E-state index in [4.69, 9.17) is 0 Å². The predicted molar refractivity (Wildman–Crippen MR) is 50.5 cm³/mol. The highest BCUT2D eigenvalue weighted by Crippen LogP contribution is 2.22. The Bertz CT molecular complexity index is 209. The molecule has 1 aliphatic rings. The summed E-state index contributed by atoms with van der Waals surface area (Å²) in [7, 11) is 0. The maximum Gasteiger partial charge on any atom is 0.389 e. The average molecular weight is 223 g/mol. The fourth-order valence-corrected chi connectivity index (χ4v) is 1.73. The zero-order valence-electron chi connectivity index (χ0n) is 8.57. The normalized spacial score (nSPS) is 21.9. The third-order valence-corrected chi connectivity index (χ3v) is 2.68.